The number of carbonyl (C=O) groups is 1. The Bertz CT molecular complexity index is 503. The first-order valence-corrected chi connectivity index (χ1v) is 7.33. The standard InChI is InChI=1S/C16H24N2O3/c1-11(17-15(20)21)12-5-7-13(8-6-12)14(19)16(2)9-4-10-18(16)3/h5-8,11,14,17,19H,4,9-10H2,1-3H3,(H,20,21)/t11-,14+,16+/m0/s1. The van der Waals surface area contributed by atoms with Gasteiger partial charge in [0.2, 0.25) is 0 Å². The van der Waals surface area contributed by atoms with Crippen LogP contribution in [0.1, 0.15) is 50.0 Å². The van der Waals surface area contributed by atoms with Crippen molar-refractivity contribution in [3.63, 3.8) is 0 Å². The number of hydrogen-bond donors (Lipinski definition) is 3. The Morgan fingerprint density at radius 1 is 1.33 bits per heavy atom. The monoisotopic (exact) mass is 292 g/mol. The quantitative estimate of drug-likeness (QED) is 0.797. The lowest BCUT2D eigenvalue weighted by atomic mass is 9.86. The summed E-state index contributed by atoms with van der Waals surface area (Å²) < 4.78 is 0. The lowest BCUT2D eigenvalue weighted by Crippen LogP contribution is -2.43. The maximum atomic E-state index is 10.7. The maximum absolute atomic E-state index is 10.7. The van der Waals surface area contributed by atoms with Gasteiger partial charge < -0.3 is 15.5 Å². The Morgan fingerprint density at radius 2 is 1.90 bits per heavy atom. The molecule has 5 heteroatoms. The van der Waals surface area contributed by atoms with Crippen molar-refractivity contribution in [1.29, 1.82) is 0 Å². The average Bonchev–Trinajstić information content (AvgIpc) is 2.78. The minimum Gasteiger partial charge on any atom is -0.465 e. The lowest BCUT2D eigenvalue weighted by molar-refractivity contribution is 0.0158. The molecule has 0 bridgehead atoms. The molecule has 1 aromatic rings. The van der Waals surface area contributed by atoms with E-state index in [-0.39, 0.29) is 11.6 Å². The van der Waals surface area contributed by atoms with Crippen LogP contribution in [0.4, 0.5) is 4.79 Å². The zero-order chi connectivity index (χ0) is 15.6. The molecule has 3 N–H and O–H groups in total. The van der Waals surface area contributed by atoms with Crippen LogP contribution >= 0.6 is 0 Å². The highest BCUT2D eigenvalue weighted by Gasteiger charge is 2.41. The minimum atomic E-state index is -1.04. The van der Waals surface area contributed by atoms with Crippen molar-refractivity contribution in [2.75, 3.05) is 13.6 Å². The number of nitrogens with one attached hydrogen (secondary N) is 1. The van der Waals surface area contributed by atoms with Gasteiger partial charge in [-0.2, -0.15) is 0 Å². The number of carboxylic acid groups (broad SMARTS) is 1. The first-order chi connectivity index (χ1) is 9.84. The number of amides is 1. The number of aliphatic hydroxyl groups excluding tert-OH is 1. The van der Waals surface area contributed by atoms with Crippen molar-refractivity contribution >= 4 is 6.09 Å². The highest BCUT2D eigenvalue weighted by Crippen LogP contribution is 2.38. The fourth-order valence-electron chi connectivity index (χ4n) is 3.06. The van der Waals surface area contributed by atoms with E-state index in [2.05, 4.69) is 17.1 Å². The van der Waals surface area contributed by atoms with Crippen LogP contribution in [-0.2, 0) is 0 Å². The summed E-state index contributed by atoms with van der Waals surface area (Å²) in [6, 6.07) is 7.25. The van der Waals surface area contributed by atoms with E-state index in [9.17, 15) is 9.90 Å². The molecular formula is C16H24N2O3. The Hall–Kier alpha value is -1.59. The van der Waals surface area contributed by atoms with Gasteiger partial charge in [0.05, 0.1) is 12.1 Å². The van der Waals surface area contributed by atoms with Gasteiger partial charge in [-0.1, -0.05) is 24.3 Å². The molecule has 21 heavy (non-hydrogen) atoms. The van der Waals surface area contributed by atoms with E-state index in [0.29, 0.717) is 0 Å². The van der Waals surface area contributed by atoms with E-state index >= 15 is 0 Å². The van der Waals surface area contributed by atoms with Crippen molar-refractivity contribution in [2.24, 2.45) is 0 Å². The Labute approximate surface area is 125 Å². The summed E-state index contributed by atoms with van der Waals surface area (Å²) in [6.07, 6.45) is 0.499. The number of benzene rings is 1. The maximum Gasteiger partial charge on any atom is 0.405 e. The number of rotatable bonds is 4. The van der Waals surface area contributed by atoms with Crippen LogP contribution in [0.25, 0.3) is 0 Å². The molecule has 3 atom stereocenters. The van der Waals surface area contributed by atoms with Crippen molar-refractivity contribution in [3.05, 3.63) is 35.4 Å². The number of likely N-dealkylation sites (tertiary alicyclic amines) is 1. The molecule has 1 aliphatic heterocycles. The predicted octanol–water partition coefficient (Wildman–Crippen LogP) is 2.53. The van der Waals surface area contributed by atoms with E-state index in [0.717, 1.165) is 30.5 Å². The molecule has 1 fully saturated rings. The second-order valence-electron chi connectivity index (χ2n) is 6.12. The van der Waals surface area contributed by atoms with Crippen LogP contribution in [0.3, 0.4) is 0 Å². The third kappa shape index (κ3) is 3.19. The molecule has 0 aliphatic carbocycles. The molecule has 0 unspecified atom stereocenters. The first-order valence-electron chi connectivity index (χ1n) is 7.33. The minimum absolute atomic E-state index is 0.230. The fraction of sp³-hybridized carbons (Fsp3) is 0.562. The van der Waals surface area contributed by atoms with E-state index in [1.54, 1.807) is 6.92 Å². The van der Waals surface area contributed by atoms with Gasteiger partial charge in [0.15, 0.2) is 0 Å². The average molecular weight is 292 g/mol. The summed E-state index contributed by atoms with van der Waals surface area (Å²) in [5, 5.41) is 21.8. The highest BCUT2D eigenvalue weighted by atomic mass is 16.4. The molecule has 0 radical (unpaired) electrons. The molecule has 116 valence electrons. The lowest BCUT2D eigenvalue weighted by Gasteiger charge is -2.37. The van der Waals surface area contributed by atoms with Crippen LogP contribution in [0.2, 0.25) is 0 Å². The van der Waals surface area contributed by atoms with Gasteiger partial charge in [-0.15, -0.1) is 0 Å². The Morgan fingerprint density at radius 3 is 2.38 bits per heavy atom. The molecule has 1 heterocycles. The van der Waals surface area contributed by atoms with Gasteiger partial charge in [0.1, 0.15) is 0 Å². The summed E-state index contributed by atoms with van der Waals surface area (Å²) in [5.74, 6) is 0. The van der Waals surface area contributed by atoms with Gasteiger partial charge in [0.25, 0.3) is 0 Å². The summed E-state index contributed by atoms with van der Waals surface area (Å²) in [6.45, 7) is 4.89. The number of hydrogen-bond acceptors (Lipinski definition) is 3. The second-order valence-corrected chi connectivity index (χ2v) is 6.12. The highest BCUT2D eigenvalue weighted by molar-refractivity contribution is 5.65. The van der Waals surface area contributed by atoms with Crippen molar-refractivity contribution in [3.8, 4) is 0 Å². The van der Waals surface area contributed by atoms with Crippen molar-refractivity contribution < 1.29 is 15.0 Å². The summed E-state index contributed by atoms with van der Waals surface area (Å²) in [5.41, 5.74) is 1.53. The third-order valence-corrected chi connectivity index (χ3v) is 4.73. The second kappa shape index (κ2) is 6.03. The first kappa shape index (κ1) is 15.8. The third-order valence-electron chi connectivity index (χ3n) is 4.73. The predicted molar refractivity (Wildman–Crippen MR) is 81.2 cm³/mol. The molecule has 2 rings (SSSR count). The summed E-state index contributed by atoms with van der Waals surface area (Å²) >= 11 is 0. The van der Waals surface area contributed by atoms with Gasteiger partial charge in [-0.25, -0.2) is 4.79 Å². The largest absolute Gasteiger partial charge is 0.465 e. The van der Waals surface area contributed by atoms with Gasteiger partial charge >= 0.3 is 6.09 Å². The van der Waals surface area contributed by atoms with E-state index in [1.807, 2.05) is 31.3 Å². The van der Waals surface area contributed by atoms with Crippen LogP contribution in [0.15, 0.2) is 24.3 Å². The molecule has 5 nitrogen and oxygen atoms in total. The van der Waals surface area contributed by atoms with E-state index < -0.39 is 12.2 Å². The van der Waals surface area contributed by atoms with Crippen molar-refractivity contribution in [2.45, 2.75) is 44.4 Å². The van der Waals surface area contributed by atoms with Gasteiger partial charge in [-0.05, 0) is 51.4 Å². The van der Waals surface area contributed by atoms with Crippen LogP contribution in [0.5, 0.6) is 0 Å². The van der Waals surface area contributed by atoms with Gasteiger partial charge in [0, 0.05) is 5.54 Å². The Kier molecular flexibility index (Phi) is 4.54. The number of likely N-dealkylation sites (N-methyl/N-ethyl adjacent to an activating group) is 1. The number of nitrogens with zero attached hydrogens (tertiary/aromatic N) is 1. The Balaban J connectivity index is 2.13. The molecule has 0 saturated carbocycles. The zero-order valence-corrected chi connectivity index (χ0v) is 12.8. The molecule has 0 spiro atoms. The molecule has 1 aromatic carbocycles. The summed E-state index contributed by atoms with van der Waals surface area (Å²) in [7, 11) is 2.05. The molecule has 1 amide bonds. The van der Waals surface area contributed by atoms with Crippen LogP contribution in [-0.4, -0.2) is 40.3 Å². The van der Waals surface area contributed by atoms with Gasteiger partial charge in [-0.3, -0.25) is 4.90 Å². The van der Waals surface area contributed by atoms with Crippen LogP contribution in [0, 0.1) is 0 Å². The normalized spacial score (nSPS) is 25.5. The smallest absolute Gasteiger partial charge is 0.405 e. The number of aliphatic hydroxyl groups is 1. The molecule has 1 aliphatic rings. The summed E-state index contributed by atoms with van der Waals surface area (Å²) in [4.78, 5) is 12.9. The van der Waals surface area contributed by atoms with Crippen LogP contribution < -0.4 is 5.32 Å². The fourth-order valence-corrected chi connectivity index (χ4v) is 3.06. The molecular weight excluding hydrogens is 268 g/mol. The zero-order valence-electron chi connectivity index (χ0n) is 12.8. The van der Waals surface area contributed by atoms with E-state index in [1.165, 1.54) is 0 Å². The molecule has 1 saturated heterocycles. The SMILES string of the molecule is C[C@H](NC(=O)O)c1ccc([C@@H](O)[C@@]2(C)CCCN2C)cc1. The van der Waals surface area contributed by atoms with Crippen molar-refractivity contribution in [1.82, 2.24) is 10.2 Å². The topological polar surface area (TPSA) is 72.8 Å². The molecule has 0 aromatic heterocycles. The van der Waals surface area contributed by atoms with E-state index in [4.69, 9.17) is 5.11 Å².